The molecule has 2 aromatic rings. The standard InChI is InChI=1S/C25H32N4O3/c1-4-27-13-15-28(16-14-27)18-25(30)29-23(21-7-5-6-8-24(21)32-3)17-22(26-29)19-9-11-20(31-2)12-10-19/h5-12,23H,4,13-18H2,1-3H3. The Labute approximate surface area is 190 Å². The number of hydrogen-bond acceptors (Lipinski definition) is 6. The Morgan fingerprint density at radius 3 is 2.31 bits per heavy atom. The molecule has 2 aromatic carbocycles. The fourth-order valence-corrected chi connectivity index (χ4v) is 4.41. The Morgan fingerprint density at radius 1 is 0.969 bits per heavy atom. The highest BCUT2D eigenvalue weighted by Crippen LogP contribution is 2.37. The molecule has 1 saturated heterocycles. The minimum atomic E-state index is -0.187. The summed E-state index contributed by atoms with van der Waals surface area (Å²) < 4.78 is 10.9. The van der Waals surface area contributed by atoms with Crippen LogP contribution in [0.5, 0.6) is 11.5 Å². The molecule has 1 amide bonds. The first-order valence-electron chi connectivity index (χ1n) is 11.2. The number of benzene rings is 2. The van der Waals surface area contributed by atoms with Crippen molar-refractivity contribution >= 4 is 11.6 Å². The first kappa shape index (κ1) is 22.3. The lowest BCUT2D eigenvalue weighted by atomic mass is 9.97. The van der Waals surface area contributed by atoms with E-state index in [1.165, 1.54) is 0 Å². The van der Waals surface area contributed by atoms with Crippen LogP contribution in [-0.4, -0.2) is 79.9 Å². The summed E-state index contributed by atoms with van der Waals surface area (Å²) in [5.74, 6) is 1.60. The molecule has 2 heterocycles. The summed E-state index contributed by atoms with van der Waals surface area (Å²) in [6, 6.07) is 15.5. The maximum Gasteiger partial charge on any atom is 0.257 e. The summed E-state index contributed by atoms with van der Waals surface area (Å²) in [5.41, 5.74) is 2.87. The third-order valence-corrected chi connectivity index (χ3v) is 6.36. The monoisotopic (exact) mass is 436 g/mol. The van der Waals surface area contributed by atoms with Crippen LogP contribution < -0.4 is 9.47 Å². The average Bonchev–Trinajstić information content (AvgIpc) is 3.30. The molecule has 32 heavy (non-hydrogen) atoms. The van der Waals surface area contributed by atoms with Gasteiger partial charge in [-0.1, -0.05) is 25.1 Å². The first-order valence-corrected chi connectivity index (χ1v) is 11.2. The number of amides is 1. The second-order valence-corrected chi connectivity index (χ2v) is 8.19. The fraction of sp³-hybridized carbons (Fsp3) is 0.440. The summed E-state index contributed by atoms with van der Waals surface area (Å²) in [6.07, 6.45) is 0.641. The summed E-state index contributed by atoms with van der Waals surface area (Å²) in [6.45, 7) is 7.42. The highest BCUT2D eigenvalue weighted by Gasteiger charge is 2.35. The third-order valence-electron chi connectivity index (χ3n) is 6.36. The fourth-order valence-electron chi connectivity index (χ4n) is 4.41. The molecular weight excluding hydrogens is 404 g/mol. The largest absolute Gasteiger partial charge is 0.497 e. The molecule has 1 fully saturated rings. The summed E-state index contributed by atoms with van der Waals surface area (Å²) in [5, 5.41) is 6.48. The number of carbonyl (C=O) groups is 1. The van der Waals surface area contributed by atoms with Crippen molar-refractivity contribution in [3.63, 3.8) is 0 Å². The van der Waals surface area contributed by atoms with Gasteiger partial charge in [0.25, 0.3) is 5.91 Å². The topological polar surface area (TPSA) is 57.6 Å². The van der Waals surface area contributed by atoms with Gasteiger partial charge in [-0.2, -0.15) is 5.10 Å². The number of para-hydroxylation sites is 1. The van der Waals surface area contributed by atoms with Gasteiger partial charge in [0.1, 0.15) is 11.5 Å². The molecule has 1 unspecified atom stereocenters. The van der Waals surface area contributed by atoms with Gasteiger partial charge in [0, 0.05) is 38.2 Å². The molecule has 2 aliphatic heterocycles. The van der Waals surface area contributed by atoms with Crippen LogP contribution in [-0.2, 0) is 4.79 Å². The van der Waals surface area contributed by atoms with E-state index in [0.29, 0.717) is 13.0 Å². The molecule has 0 N–H and O–H groups in total. The predicted octanol–water partition coefficient (Wildman–Crippen LogP) is 3.02. The van der Waals surface area contributed by atoms with Gasteiger partial charge < -0.3 is 14.4 Å². The average molecular weight is 437 g/mol. The number of hydrazone groups is 1. The SMILES string of the molecule is CCN1CCN(CC(=O)N2N=C(c3ccc(OC)cc3)CC2c2ccccc2OC)CC1. The van der Waals surface area contributed by atoms with Crippen LogP contribution in [0.15, 0.2) is 53.6 Å². The highest BCUT2D eigenvalue weighted by molar-refractivity contribution is 6.03. The van der Waals surface area contributed by atoms with Crippen molar-refractivity contribution < 1.29 is 14.3 Å². The molecule has 170 valence electrons. The zero-order valence-corrected chi connectivity index (χ0v) is 19.2. The van der Waals surface area contributed by atoms with Gasteiger partial charge in [-0.3, -0.25) is 9.69 Å². The molecule has 0 aromatic heterocycles. The first-order chi connectivity index (χ1) is 15.6. The molecule has 0 radical (unpaired) electrons. The van der Waals surface area contributed by atoms with Gasteiger partial charge in [-0.25, -0.2) is 5.01 Å². The second kappa shape index (κ2) is 10.1. The Hall–Kier alpha value is -2.90. The lowest BCUT2D eigenvalue weighted by molar-refractivity contribution is -0.134. The zero-order valence-electron chi connectivity index (χ0n) is 19.2. The summed E-state index contributed by atoms with van der Waals surface area (Å²) in [7, 11) is 3.32. The van der Waals surface area contributed by atoms with Crippen LogP contribution in [0.2, 0.25) is 0 Å². The van der Waals surface area contributed by atoms with Crippen molar-refractivity contribution in [2.75, 3.05) is 53.5 Å². The van der Waals surface area contributed by atoms with E-state index in [0.717, 1.165) is 61.1 Å². The van der Waals surface area contributed by atoms with Crippen LogP contribution in [0.4, 0.5) is 0 Å². The number of carbonyl (C=O) groups excluding carboxylic acids is 1. The highest BCUT2D eigenvalue weighted by atomic mass is 16.5. The maximum absolute atomic E-state index is 13.4. The minimum Gasteiger partial charge on any atom is -0.497 e. The van der Waals surface area contributed by atoms with Gasteiger partial charge in [0.05, 0.1) is 32.5 Å². The molecule has 0 saturated carbocycles. The maximum atomic E-state index is 13.4. The Balaban J connectivity index is 1.58. The van der Waals surface area contributed by atoms with Gasteiger partial charge >= 0.3 is 0 Å². The van der Waals surface area contributed by atoms with Crippen molar-refractivity contribution in [2.24, 2.45) is 5.10 Å². The zero-order chi connectivity index (χ0) is 22.5. The van der Waals surface area contributed by atoms with Crippen molar-refractivity contribution in [3.8, 4) is 11.5 Å². The Bertz CT molecular complexity index is 952. The molecule has 0 bridgehead atoms. The molecule has 0 aliphatic carbocycles. The van der Waals surface area contributed by atoms with Crippen molar-refractivity contribution in [2.45, 2.75) is 19.4 Å². The van der Waals surface area contributed by atoms with E-state index in [-0.39, 0.29) is 11.9 Å². The van der Waals surface area contributed by atoms with Gasteiger partial charge in [0.15, 0.2) is 0 Å². The van der Waals surface area contributed by atoms with Gasteiger partial charge in [0.2, 0.25) is 0 Å². The van der Waals surface area contributed by atoms with E-state index in [4.69, 9.17) is 14.6 Å². The number of methoxy groups -OCH3 is 2. The van der Waals surface area contributed by atoms with E-state index in [1.807, 2.05) is 48.5 Å². The van der Waals surface area contributed by atoms with E-state index in [1.54, 1.807) is 19.2 Å². The molecular formula is C25H32N4O3. The second-order valence-electron chi connectivity index (χ2n) is 8.19. The number of hydrogen-bond donors (Lipinski definition) is 0. The number of likely N-dealkylation sites (N-methyl/N-ethyl adjacent to an activating group) is 1. The summed E-state index contributed by atoms with van der Waals surface area (Å²) in [4.78, 5) is 18.1. The number of piperazine rings is 1. The molecule has 4 rings (SSSR count). The Kier molecular flexibility index (Phi) is 7.07. The van der Waals surface area contributed by atoms with E-state index in [2.05, 4.69) is 16.7 Å². The van der Waals surface area contributed by atoms with Crippen molar-refractivity contribution in [3.05, 3.63) is 59.7 Å². The van der Waals surface area contributed by atoms with Crippen molar-refractivity contribution in [1.82, 2.24) is 14.8 Å². The van der Waals surface area contributed by atoms with Crippen LogP contribution in [0.1, 0.15) is 30.5 Å². The minimum absolute atomic E-state index is 0.0226. The smallest absolute Gasteiger partial charge is 0.257 e. The normalized spacial score (nSPS) is 19.7. The van der Waals surface area contributed by atoms with Crippen molar-refractivity contribution in [1.29, 1.82) is 0 Å². The summed E-state index contributed by atoms with van der Waals surface area (Å²) >= 11 is 0. The lowest BCUT2D eigenvalue weighted by Gasteiger charge is -2.34. The van der Waals surface area contributed by atoms with Crippen LogP contribution in [0.3, 0.4) is 0 Å². The number of ether oxygens (including phenoxy) is 2. The van der Waals surface area contributed by atoms with E-state index < -0.39 is 0 Å². The van der Waals surface area contributed by atoms with E-state index >= 15 is 0 Å². The molecule has 2 aliphatic rings. The van der Waals surface area contributed by atoms with Crippen LogP contribution in [0, 0.1) is 0 Å². The molecule has 1 atom stereocenters. The van der Waals surface area contributed by atoms with E-state index in [9.17, 15) is 4.79 Å². The van der Waals surface area contributed by atoms with Gasteiger partial charge in [-0.05, 0) is 42.4 Å². The van der Waals surface area contributed by atoms with Gasteiger partial charge in [-0.15, -0.1) is 0 Å². The van der Waals surface area contributed by atoms with Crippen LogP contribution >= 0.6 is 0 Å². The number of rotatable bonds is 7. The lowest BCUT2D eigenvalue weighted by Crippen LogP contribution is -2.49. The third kappa shape index (κ3) is 4.79. The molecule has 7 nitrogen and oxygen atoms in total. The number of nitrogens with zero attached hydrogens (tertiary/aromatic N) is 4. The van der Waals surface area contributed by atoms with Crippen LogP contribution in [0.25, 0.3) is 0 Å². The molecule has 0 spiro atoms. The Morgan fingerprint density at radius 2 is 1.66 bits per heavy atom. The predicted molar refractivity (Wildman–Crippen MR) is 125 cm³/mol. The quantitative estimate of drug-likeness (QED) is 0.668. The molecule has 7 heteroatoms.